The van der Waals surface area contributed by atoms with Crippen LogP contribution in [0, 0.1) is 17.3 Å². The maximum absolute atomic E-state index is 10.4. The molecule has 3 aliphatic rings. The van der Waals surface area contributed by atoms with Crippen molar-refractivity contribution >= 4 is 0 Å². The van der Waals surface area contributed by atoms with Crippen molar-refractivity contribution in [1.82, 2.24) is 0 Å². The van der Waals surface area contributed by atoms with Crippen molar-refractivity contribution in [1.29, 1.82) is 0 Å². The highest BCUT2D eigenvalue weighted by Crippen LogP contribution is 2.63. The van der Waals surface area contributed by atoms with Gasteiger partial charge in [-0.05, 0) is 70.1 Å². The second-order valence-corrected chi connectivity index (χ2v) is 7.72. The zero-order valence-corrected chi connectivity index (χ0v) is 11.6. The van der Waals surface area contributed by atoms with E-state index in [1.807, 2.05) is 0 Å². The molecular formula is C15H26O2. The highest BCUT2D eigenvalue weighted by Gasteiger charge is 2.63. The van der Waals surface area contributed by atoms with E-state index >= 15 is 0 Å². The Morgan fingerprint density at radius 3 is 2.47 bits per heavy atom. The molecule has 0 bridgehead atoms. The number of ether oxygens (including phenoxy) is 1. The van der Waals surface area contributed by atoms with Gasteiger partial charge >= 0.3 is 0 Å². The minimum absolute atomic E-state index is 0.00308. The van der Waals surface area contributed by atoms with Gasteiger partial charge < -0.3 is 9.84 Å². The molecule has 0 aromatic heterocycles. The van der Waals surface area contributed by atoms with Crippen molar-refractivity contribution in [3.63, 3.8) is 0 Å². The molecule has 2 heteroatoms. The summed E-state index contributed by atoms with van der Waals surface area (Å²) >= 11 is 0. The second-order valence-electron chi connectivity index (χ2n) is 7.72. The molecule has 3 rings (SSSR count). The third-order valence-electron chi connectivity index (χ3n) is 5.83. The Bertz CT molecular complexity index is 338. The van der Waals surface area contributed by atoms with E-state index in [-0.39, 0.29) is 22.7 Å². The van der Waals surface area contributed by atoms with Crippen molar-refractivity contribution in [3.05, 3.63) is 0 Å². The largest absolute Gasteiger partial charge is 0.393 e. The van der Waals surface area contributed by atoms with Gasteiger partial charge in [0.15, 0.2) is 0 Å². The molecule has 0 amide bonds. The van der Waals surface area contributed by atoms with Crippen LogP contribution in [-0.2, 0) is 4.74 Å². The summed E-state index contributed by atoms with van der Waals surface area (Å²) in [6.07, 6.45) is 5.44. The van der Waals surface area contributed by atoms with Crippen molar-refractivity contribution in [2.45, 2.75) is 77.1 Å². The van der Waals surface area contributed by atoms with Gasteiger partial charge in [-0.3, -0.25) is 0 Å². The third-order valence-corrected chi connectivity index (χ3v) is 5.83. The topological polar surface area (TPSA) is 29.5 Å². The highest BCUT2D eigenvalue weighted by molar-refractivity contribution is 5.12. The van der Waals surface area contributed by atoms with Crippen molar-refractivity contribution in [3.8, 4) is 0 Å². The predicted molar refractivity (Wildman–Crippen MR) is 67.7 cm³/mol. The Morgan fingerprint density at radius 1 is 1.06 bits per heavy atom. The quantitative estimate of drug-likeness (QED) is 0.702. The van der Waals surface area contributed by atoms with Gasteiger partial charge in [-0.15, -0.1) is 0 Å². The molecule has 2 aliphatic carbocycles. The highest BCUT2D eigenvalue weighted by atomic mass is 16.5. The van der Waals surface area contributed by atoms with Crippen LogP contribution in [0.5, 0.6) is 0 Å². The Morgan fingerprint density at radius 2 is 1.76 bits per heavy atom. The summed E-state index contributed by atoms with van der Waals surface area (Å²) in [6.45, 7) is 9.05. The molecule has 0 spiro atoms. The van der Waals surface area contributed by atoms with Crippen LogP contribution in [-0.4, -0.2) is 22.4 Å². The van der Waals surface area contributed by atoms with Crippen molar-refractivity contribution in [2.75, 3.05) is 0 Å². The lowest BCUT2D eigenvalue weighted by Crippen LogP contribution is -2.61. The summed E-state index contributed by atoms with van der Waals surface area (Å²) < 4.78 is 6.45. The molecule has 0 unspecified atom stereocenters. The summed E-state index contributed by atoms with van der Waals surface area (Å²) in [6, 6.07) is 0. The maximum atomic E-state index is 10.4. The van der Waals surface area contributed by atoms with Gasteiger partial charge in [0.05, 0.1) is 17.3 Å². The Kier molecular flexibility index (Phi) is 2.30. The van der Waals surface area contributed by atoms with Crippen LogP contribution in [0.4, 0.5) is 0 Å². The molecular weight excluding hydrogens is 212 g/mol. The summed E-state index contributed by atoms with van der Waals surface area (Å²) in [5.74, 6) is 1.32. The molecule has 2 saturated carbocycles. The lowest BCUT2D eigenvalue weighted by Gasteiger charge is -2.58. The van der Waals surface area contributed by atoms with E-state index in [0.29, 0.717) is 5.92 Å². The van der Waals surface area contributed by atoms with Gasteiger partial charge in [0.2, 0.25) is 0 Å². The van der Waals surface area contributed by atoms with Gasteiger partial charge in [0.25, 0.3) is 0 Å². The van der Waals surface area contributed by atoms with Crippen LogP contribution in [0.25, 0.3) is 0 Å². The van der Waals surface area contributed by atoms with Crippen LogP contribution in [0.1, 0.15) is 59.8 Å². The molecule has 3 fully saturated rings. The fourth-order valence-corrected chi connectivity index (χ4v) is 5.47. The average Bonchev–Trinajstić information content (AvgIpc) is 2.51. The third kappa shape index (κ3) is 1.53. The molecule has 1 aliphatic heterocycles. The van der Waals surface area contributed by atoms with Crippen LogP contribution < -0.4 is 0 Å². The molecule has 1 N–H and O–H groups in total. The first-order valence-electron chi connectivity index (χ1n) is 7.15. The SMILES string of the molecule is CC1(C)C[C@H]2CC[C@@]3(C)[C@H](O)CC[C@@](C)(O1)[C@@H]23. The van der Waals surface area contributed by atoms with E-state index in [2.05, 4.69) is 27.7 Å². The lowest BCUT2D eigenvalue weighted by atomic mass is 9.57. The fourth-order valence-electron chi connectivity index (χ4n) is 5.47. The standard InChI is InChI=1S/C15H26O2/c1-13(2)9-10-5-7-14(3)11(16)6-8-15(4,17-13)12(10)14/h10-12,16H,5-9H2,1-4H3/t10-,11-,12+,14+,15-/m1/s1. The minimum Gasteiger partial charge on any atom is -0.393 e. The zero-order valence-electron chi connectivity index (χ0n) is 11.6. The van der Waals surface area contributed by atoms with Crippen molar-refractivity contribution in [2.24, 2.45) is 17.3 Å². The summed E-state index contributed by atoms with van der Waals surface area (Å²) in [7, 11) is 0. The van der Waals surface area contributed by atoms with Crippen molar-refractivity contribution < 1.29 is 9.84 Å². The number of aliphatic hydroxyl groups excluding tert-OH is 1. The average molecular weight is 238 g/mol. The first-order valence-corrected chi connectivity index (χ1v) is 7.15. The number of hydrogen-bond donors (Lipinski definition) is 1. The van der Waals surface area contributed by atoms with Crippen LogP contribution >= 0.6 is 0 Å². The van der Waals surface area contributed by atoms with Gasteiger partial charge in [0, 0.05) is 0 Å². The summed E-state index contributed by atoms with van der Waals surface area (Å²) in [5.41, 5.74) is 0.120. The molecule has 5 atom stereocenters. The number of rotatable bonds is 0. The molecule has 2 nitrogen and oxygen atoms in total. The second kappa shape index (κ2) is 3.27. The zero-order chi connectivity index (χ0) is 12.5. The minimum atomic E-state index is -0.115. The predicted octanol–water partition coefficient (Wildman–Crippen LogP) is 3.13. The van der Waals surface area contributed by atoms with E-state index in [4.69, 9.17) is 4.74 Å². The number of hydrogen-bond acceptors (Lipinski definition) is 2. The first-order chi connectivity index (χ1) is 7.77. The Balaban J connectivity index is 2.01. The normalized spacial score (nSPS) is 56.6. The van der Waals surface area contributed by atoms with Gasteiger partial charge in [0.1, 0.15) is 0 Å². The Hall–Kier alpha value is -0.0800. The summed E-state index contributed by atoms with van der Waals surface area (Å²) in [4.78, 5) is 0. The maximum Gasteiger partial charge on any atom is 0.0699 e. The molecule has 0 aromatic carbocycles. The van der Waals surface area contributed by atoms with Crippen LogP contribution in [0.15, 0.2) is 0 Å². The smallest absolute Gasteiger partial charge is 0.0699 e. The molecule has 98 valence electrons. The molecule has 0 radical (unpaired) electrons. The van der Waals surface area contributed by atoms with Crippen LogP contribution in [0.2, 0.25) is 0 Å². The summed E-state index contributed by atoms with van der Waals surface area (Å²) in [5, 5.41) is 10.4. The monoisotopic (exact) mass is 238 g/mol. The first kappa shape index (κ1) is 12.0. The fraction of sp³-hybridized carbons (Fsp3) is 1.00. The molecule has 17 heavy (non-hydrogen) atoms. The molecule has 0 aromatic rings. The lowest BCUT2D eigenvalue weighted by molar-refractivity contribution is -0.256. The van der Waals surface area contributed by atoms with E-state index in [0.717, 1.165) is 25.2 Å². The van der Waals surface area contributed by atoms with E-state index in [1.165, 1.54) is 12.8 Å². The Labute approximate surface area is 105 Å². The van der Waals surface area contributed by atoms with E-state index < -0.39 is 0 Å². The van der Waals surface area contributed by atoms with Crippen LogP contribution in [0.3, 0.4) is 0 Å². The van der Waals surface area contributed by atoms with E-state index in [1.54, 1.807) is 0 Å². The number of aliphatic hydroxyl groups is 1. The molecule has 1 saturated heterocycles. The molecule has 1 heterocycles. The van der Waals surface area contributed by atoms with Gasteiger partial charge in [-0.25, -0.2) is 0 Å². The van der Waals surface area contributed by atoms with Gasteiger partial charge in [-0.1, -0.05) is 6.92 Å². The van der Waals surface area contributed by atoms with E-state index in [9.17, 15) is 5.11 Å². The van der Waals surface area contributed by atoms with Gasteiger partial charge in [-0.2, -0.15) is 0 Å².